The molecule has 0 amide bonds. The normalized spacial score (nSPS) is 11.8. The molecule has 0 aliphatic rings. The Hall–Kier alpha value is -1.43. The lowest BCUT2D eigenvalue weighted by Crippen LogP contribution is -2.15. The van der Waals surface area contributed by atoms with Gasteiger partial charge in [0.2, 0.25) is 0 Å². The second-order valence-corrected chi connectivity index (χ2v) is 6.87. The van der Waals surface area contributed by atoms with Crippen LogP contribution in [0.15, 0.2) is 12.7 Å². The van der Waals surface area contributed by atoms with Crippen molar-refractivity contribution in [1.29, 1.82) is 0 Å². The van der Waals surface area contributed by atoms with Gasteiger partial charge in [0.05, 0.1) is 5.69 Å². The Labute approximate surface area is 124 Å². The Balaban J connectivity index is 2.20. The Morgan fingerprint density at radius 1 is 1.30 bits per heavy atom. The number of thiazole rings is 1. The average molecular weight is 293 g/mol. The molecule has 6 heteroatoms. The van der Waals surface area contributed by atoms with Gasteiger partial charge in [0.1, 0.15) is 17.7 Å². The van der Waals surface area contributed by atoms with Crippen molar-refractivity contribution in [1.82, 2.24) is 19.7 Å². The lowest BCUT2D eigenvalue weighted by molar-refractivity contribution is 0.567. The van der Waals surface area contributed by atoms with Crippen molar-refractivity contribution in [2.75, 3.05) is 11.9 Å². The molecular weight excluding hydrogens is 270 g/mol. The van der Waals surface area contributed by atoms with Crippen molar-refractivity contribution in [3.8, 4) is 5.00 Å². The van der Waals surface area contributed by atoms with Crippen molar-refractivity contribution in [2.45, 2.75) is 52.4 Å². The van der Waals surface area contributed by atoms with Crippen LogP contribution in [0.3, 0.4) is 0 Å². The first-order valence-corrected chi connectivity index (χ1v) is 7.94. The molecule has 0 aliphatic heterocycles. The minimum absolute atomic E-state index is 0.0128. The van der Waals surface area contributed by atoms with Crippen LogP contribution in [0, 0.1) is 0 Å². The Morgan fingerprint density at radius 2 is 2.10 bits per heavy atom. The van der Waals surface area contributed by atoms with Crippen molar-refractivity contribution in [3.63, 3.8) is 0 Å². The highest BCUT2D eigenvalue weighted by atomic mass is 32.1. The lowest BCUT2D eigenvalue weighted by atomic mass is 9.92. The molecule has 1 N–H and O–H groups in total. The average Bonchev–Trinajstić information content (AvgIpc) is 3.02. The number of rotatable bonds is 6. The molecule has 2 aromatic rings. The summed E-state index contributed by atoms with van der Waals surface area (Å²) in [5, 5.41) is 9.67. The summed E-state index contributed by atoms with van der Waals surface area (Å²) in [6, 6.07) is 0. The molecule has 5 nitrogen and oxygen atoms in total. The fraction of sp³-hybridized carbons (Fsp3) is 0.643. The van der Waals surface area contributed by atoms with E-state index in [1.165, 1.54) is 19.3 Å². The van der Waals surface area contributed by atoms with E-state index in [1.807, 2.05) is 0 Å². The number of anilines is 1. The predicted molar refractivity (Wildman–Crippen MR) is 83.7 cm³/mol. The van der Waals surface area contributed by atoms with Crippen LogP contribution in [0.4, 0.5) is 5.13 Å². The van der Waals surface area contributed by atoms with Crippen molar-refractivity contribution >= 4 is 16.5 Å². The number of nitrogens with one attached hydrogen (secondary N) is 1. The third kappa shape index (κ3) is 3.56. The molecule has 0 bridgehead atoms. The van der Waals surface area contributed by atoms with E-state index in [0.29, 0.717) is 0 Å². The van der Waals surface area contributed by atoms with E-state index in [1.54, 1.807) is 28.7 Å². The van der Waals surface area contributed by atoms with Crippen LogP contribution in [-0.2, 0) is 5.41 Å². The predicted octanol–water partition coefficient (Wildman–Crippen LogP) is 3.62. The van der Waals surface area contributed by atoms with E-state index in [9.17, 15) is 0 Å². The number of nitrogens with zero attached hydrogens (tertiary/aromatic N) is 4. The van der Waals surface area contributed by atoms with E-state index < -0.39 is 0 Å². The van der Waals surface area contributed by atoms with Gasteiger partial charge in [0, 0.05) is 12.0 Å². The molecule has 0 atom stereocenters. The molecule has 2 heterocycles. The summed E-state index contributed by atoms with van der Waals surface area (Å²) in [6.45, 7) is 9.70. The summed E-state index contributed by atoms with van der Waals surface area (Å²) < 4.78 is 1.80. The van der Waals surface area contributed by atoms with E-state index in [4.69, 9.17) is 4.98 Å². The molecule has 2 rings (SSSR count). The maximum absolute atomic E-state index is 4.75. The summed E-state index contributed by atoms with van der Waals surface area (Å²) in [7, 11) is 0. The number of hydrogen-bond acceptors (Lipinski definition) is 5. The maximum atomic E-state index is 4.75. The molecule has 110 valence electrons. The van der Waals surface area contributed by atoms with Gasteiger partial charge in [-0.15, -0.1) is 0 Å². The van der Waals surface area contributed by atoms with Gasteiger partial charge in [0.25, 0.3) is 0 Å². The molecule has 0 saturated carbocycles. The molecule has 0 spiro atoms. The zero-order chi connectivity index (χ0) is 14.6. The largest absolute Gasteiger partial charge is 0.361 e. The fourth-order valence-corrected chi connectivity index (χ4v) is 3.05. The zero-order valence-corrected chi connectivity index (χ0v) is 13.5. The summed E-state index contributed by atoms with van der Waals surface area (Å²) in [4.78, 5) is 8.78. The first kappa shape index (κ1) is 15.0. The zero-order valence-electron chi connectivity index (χ0n) is 12.7. The molecule has 0 aliphatic carbocycles. The highest BCUT2D eigenvalue weighted by Crippen LogP contribution is 2.34. The van der Waals surface area contributed by atoms with Crippen LogP contribution in [0.25, 0.3) is 5.00 Å². The van der Waals surface area contributed by atoms with Crippen molar-refractivity contribution in [3.05, 3.63) is 18.3 Å². The van der Waals surface area contributed by atoms with E-state index in [-0.39, 0.29) is 5.41 Å². The highest BCUT2D eigenvalue weighted by Gasteiger charge is 2.24. The highest BCUT2D eigenvalue weighted by molar-refractivity contribution is 7.18. The minimum Gasteiger partial charge on any atom is -0.361 e. The van der Waals surface area contributed by atoms with Crippen molar-refractivity contribution in [2.24, 2.45) is 0 Å². The first-order valence-electron chi connectivity index (χ1n) is 7.12. The topological polar surface area (TPSA) is 55.6 Å². The van der Waals surface area contributed by atoms with Gasteiger partial charge >= 0.3 is 0 Å². The van der Waals surface area contributed by atoms with Gasteiger partial charge in [-0.3, -0.25) is 0 Å². The number of unbranched alkanes of at least 4 members (excludes halogenated alkanes) is 2. The van der Waals surface area contributed by atoms with Gasteiger partial charge < -0.3 is 5.32 Å². The Morgan fingerprint density at radius 3 is 2.70 bits per heavy atom. The smallest absolute Gasteiger partial charge is 0.184 e. The van der Waals surface area contributed by atoms with E-state index >= 15 is 0 Å². The second-order valence-electron chi connectivity index (χ2n) is 5.90. The van der Waals surface area contributed by atoms with Gasteiger partial charge in [0.15, 0.2) is 5.13 Å². The minimum atomic E-state index is -0.0128. The number of hydrogen-bond donors (Lipinski definition) is 1. The molecular formula is C14H23N5S. The van der Waals surface area contributed by atoms with Gasteiger partial charge in [-0.05, 0) is 6.42 Å². The summed E-state index contributed by atoms with van der Waals surface area (Å²) in [6.07, 6.45) is 6.95. The molecule has 0 radical (unpaired) electrons. The monoisotopic (exact) mass is 293 g/mol. The van der Waals surface area contributed by atoms with Crippen LogP contribution >= 0.6 is 11.3 Å². The molecule has 0 aromatic carbocycles. The second kappa shape index (κ2) is 6.35. The maximum Gasteiger partial charge on any atom is 0.184 e. The molecule has 0 fully saturated rings. The van der Waals surface area contributed by atoms with Crippen LogP contribution in [0.1, 0.15) is 52.7 Å². The van der Waals surface area contributed by atoms with Crippen molar-refractivity contribution < 1.29 is 0 Å². The Kier molecular flexibility index (Phi) is 4.75. The van der Waals surface area contributed by atoms with Gasteiger partial charge in [-0.2, -0.15) is 5.10 Å². The van der Waals surface area contributed by atoms with Crippen LogP contribution in [0.5, 0.6) is 0 Å². The third-order valence-electron chi connectivity index (χ3n) is 3.00. The molecule has 2 aromatic heterocycles. The van der Waals surface area contributed by atoms with E-state index in [2.05, 4.69) is 43.1 Å². The third-order valence-corrected chi connectivity index (χ3v) is 4.01. The SMILES string of the molecule is CCCCCNc1nc(C(C)(C)C)c(-n2cncn2)s1. The van der Waals surface area contributed by atoms with Crippen LogP contribution < -0.4 is 5.32 Å². The van der Waals surface area contributed by atoms with Crippen LogP contribution in [0.2, 0.25) is 0 Å². The van der Waals surface area contributed by atoms with E-state index in [0.717, 1.165) is 22.4 Å². The van der Waals surface area contributed by atoms with Gasteiger partial charge in [-0.1, -0.05) is 51.9 Å². The number of aromatic nitrogens is 4. The summed E-state index contributed by atoms with van der Waals surface area (Å²) >= 11 is 1.64. The van der Waals surface area contributed by atoms with Gasteiger partial charge in [-0.25, -0.2) is 14.6 Å². The molecule has 0 saturated heterocycles. The standard InChI is InChI=1S/C14H23N5S/c1-5-6-7-8-16-13-18-11(14(2,3)4)12(20-13)19-10-15-9-17-19/h9-10H,5-8H2,1-4H3,(H,16,18). The fourth-order valence-electron chi connectivity index (χ4n) is 1.91. The van der Waals surface area contributed by atoms with Crippen LogP contribution in [-0.4, -0.2) is 26.3 Å². The lowest BCUT2D eigenvalue weighted by Gasteiger charge is -2.16. The summed E-state index contributed by atoms with van der Waals surface area (Å²) in [5.41, 5.74) is 1.05. The summed E-state index contributed by atoms with van der Waals surface area (Å²) in [5.74, 6) is 0. The Bertz CT molecular complexity index is 524. The molecule has 20 heavy (non-hydrogen) atoms. The molecule has 0 unspecified atom stereocenters. The quantitative estimate of drug-likeness (QED) is 0.826. The first-order chi connectivity index (χ1) is 9.52.